The van der Waals surface area contributed by atoms with Gasteiger partial charge in [-0.2, -0.15) is 0 Å². The molecular weight excluding hydrogens is 419 g/mol. The summed E-state index contributed by atoms with van der Waals surface area (Å²) in [5.74, 6) is -0.364. The zero-order valence-electron chi connectivity index (χ0n) is 19.5. The molecule has 0 saturated carbocycles. The molecule has 4 rings (SSSR count). The summed E-state index contributed by atoms with van der Waals surface area (Å²) in [7, 11) is 0. The van der Waals surface area contributed by atoms with Crippen molar-refractivity contribution in [3.05, 3.63) is 59.4 Å². The number of benzene rings is 2. The molecule has 7 heteroatoms. The predicted octanol–water partition coefficient (Wildman–Crippen LogP) is 3.98. The van der Waals surface area contributed by atoms with Crippen molar-refractivity contribution in [1.29, 1.82) is 0 Å². The summed E-state index contributed by atoms with van der Waals surface area (Å²) < 4.78 is 13.2. The molecule has 2 aliphatic rings. The minimum Gasteiger partial charge on any atom is -0.368 e. The number of likely N-dealkylation sites (tertiary alicyclic amines) is 1. The Morgan fingerprint density at radius 3 is 2.24 bits per heavy atom. The molecule has 2 aromatic rings. The number of amides is 2. The number of rotatable bonds is 6. The molecule has 0 unspecified atom stereocenters. The van der Waals surface area contributed by atoms with Gasteiger partial charge in [-0.05, 0) is 48.7 Å². The van der Waals surface area contributed by atoms with Crippen LogP contribution < -0.4 is 10.2 Å². The maximum atomic E-state index is 13.4. The number of carbonyl (C=O) groups excluding carboxylic acids is 2. The van der Waals surface area contributed by atoms with Gasteiger partial charge in [-0.3, -0.25) is 14.5 Å². The van der Waals surface area contributed by atoms with E-state index in [1.165, 1.54) is 12.1 Å². The van der Waals surface area contributed by atoms with Crippen LogP contribution in [0.15, 0.2) is 42.5 Å². The summed E-state index contributed by atoms with van der Waals surface area (Å²) in [5.41, 5.74) is 3.34. The summed E-state index contributed by atoms with van der Waals surface area (Å²) in [6, 6.07) is 12.4. The van der Waals surface area contributed by atoms with Gasteiger partial charge in [0.2, 0.25) is 5.91 Å². The lowest BCUT2D eigenvalue weighted by molar-refractivity contribution is -0.118. The van der Waals surface area contributed by atoms with Gasteiger partial charge < -0.3 is 15.1 Å². The highest BCUT2D eigenvalue weighted by atomic mass is 19.1. The topological polar surface area (TPSA) is 55.9 Å². The molecule has 1 N–H and O–H groups in total. The first-order valence-electron chi connectivity index (χ1n) is 11.9. The van der Waals surface area contributed by atoms with Crippen LogP contribution in [-0.4, -0.2) is 60.9 Å². The smallest absolute Gasteiger partial charge is 0.256 e. The van der Waals surface area contributed by atoms with Crippen LogP contribution in [0.4, 0.5) is 15.8 Å². The van der Waals surface area contributed by atoms with Gasteiger partial charge in [0.25, 0.3) is 5.91 Å². The van der Waals surface area contributed by atoms with Crippen LogP contribution in [0.3, 0.4) is 0 Å². The minimum atomic E-state index is -0.216. The molecule has 2 aliphatic heterocycles. The average molecular weight is 453 g/mol. The van der Waals surface area contributed by atoms with Crippen molar-refractivity contribution >= 4 is 23.2 Å². The highest BCUT2D eigenvalue weighted by Gasteiger charge is 2.26. The Labute approximate surface area is 195 Å². The fourth-order valence-electron chi connectivity index (χ4n) is 4.43. The Balaban J connectivity index is 1.49. The summed E-state index contributed by atoms with van der Waals surface area (Å²) in [6.07, 6.45) is 2.07. The standard InChI is InChI=1S/C26H33FN4O2/c1-19(2)25(32)28-22-9-10-24(23(17-22)26(33)31-11-3-4-12-31)30-15-13-29(14-16-30)18-20-5-7-21(27)8-6-20/h5-10,17,19H,3-4,11-16,18H2,1-2H3,(H,28,32). The van der Waals surface area contributed by atoms with Gasteiger partial charge in [0, 0.05) is 63.1 Å². The first-order chi connectivity index (χ1) is 15.9. The zero-order chi connectivity index (χ0) is 23.4. The molecule has 176 valence electrons. The molecule has 0 spiro atoms. The number of hydrogen-bond donors (Lipinski definition) is 1. The third kappa shape index (κ3) is 5.71. The number of halogens is 1. The van der Waals surface area contributed by atoms with E-state index in [1.54, 1.807) is 0 Å². The number of piperazine rings is 1. The second kappa shape index (κ2) is 10.3. The fourth-order valence-corrected chi connectivity index (χ4v) is 4.43. The third-order valence-corrected chi connectivity index (χ3v) is 6.44. The van der Waals surface area contributed by atoms with Crippen LogP contribution in [0.5, 0.6) is 0 Å². The lowest BCUT2D eigenvalue weighted by atomic mass is 10.1. The Bertz CT molecular complexity index is 978. The van der Waals surface area contributed by atoms with Crippen LogP contribution in [0.1, 0.15) is 42.6 Å². The van der Waals surface area contributed by atoms with Gasteiger partial charge in [0.05, 0.1) is 5.56 Å². The van der Waals surface area contributed by atoms with Crippen LogP contribution in [0, 0.1) is 11.7 Å². The SMILES string of the molecule is CC(C)C(=O)Nc1ccc(N2CCN(Cc3ccc(F)cc3)CC2)c(C(=O)N2CCCC2)c1. The number of nitrogens with one attached hydrogen (secondary N) is 1. The van der Waals surface area contributed by atoms with E-state index in [0.29, 0.717) is 11.3 Å². The van der Waals surface area contributed by atoms with Crippen molar-refractivity contribution in [3.8, 4) is 0 Å². The Morgan fingerprint density at radius 1 is 0.939 bits per heavy atom. The molecule has 2 amide bonds. The maximum absolute atomic E-state index is 13.4. The number of nitrogens with zero attached hydrogens (tertiary/aromatic N) is 3. The lowest BCUT2D eigenvalue weighted by Gasteiger charge is -2.37. The molecule has 2 saturated heterocycles. The van der Waals surface area contributed by atoms with Crippen LogP contribution in [0.25, 0.3) is 0 Å². The van der Waals surface area contributed by atoms with Gasteiger partial charge in [0.15, 0.2) is 0 Å². The Kier molecular flexibility index (Phi) is 7.28. The van der Waals surface area contributed by atoms with E-state index in [1.807, 2.05) is 49.1 Å². The predicted molar refractivity (Wildman–Crippen MR) is 129 cm³/mol. The van der Waals surface area contributed by atoms with Crippen LogP contribution in [0.2, 0.25) is 0 Å². The van der Waals surface area contributed by atoms with Crippen molar-refractivity contribution in [2.24, 2.45) is 5.92 Å². The summed E-state index contributed by atoms with van der Waals surface area (Å²) in [4.78, 5) is 32.1. The monoisotopic (exact) mass is 452 g/mol. The number of anilines is 2. The number of carbonyl (C=O) groups is 2. The molecule has 2 fully saturated rings. The summed E-state index contributed by atoms with van der Waals surface area (Å²) >= 11 is 0. The normalized spacial score (nSPS) is 17.0. The third-order valence-electron chi connectivity index (χ3n) is 6.44. The van der Waals surface area contributed by atoms with Gasteiger partial charge in [-0.1, -0.05) is 26.0 Å². The molecule has 33 heavy (non-hydrogen) atoms. The van der Waals surface area contributed by atoms with Crippen molar-refractivity contribution in [3.63, 3.8) is 0 Å². The molecule has 0 bridgehead atoms. The van der Waals surface area contributed by atoms with E-state index in [2.05, 4.69) is 15.1 Å². The highest BCUT2D eigenvalue weighted by Crippen LogP contribution is 2.28. The van der Waals surface area contributed by atoms with Crippen LogP contribution >= 0.6 is 0 Å². The summed E-state index contributed by atoms with van der Waals surface area (Å²) in [6.45, 7) is 9.39. The number of hydrogen-bond acceptors (Lipinski definition) is 4. The van der Waals surface area contributed by atoms with E-state index in [4.69, 9.17) is 0 Å². The van der Waals surface area contributed by atoms with Gasteiger partial charge in [-0.15, -0.1) is 0 Å². The highest BCUT2D eigenvalue weighted by molar-refractivity contribution is 6.02. The van der Waals surface area contributed by atoms with Crippen molar-refractivity contribution < 1.29 is 14.0 Å². The second-order valence-electron chi connectivity index (χ2n) is 9.26. The average Bonchev–Trinajstić information content (AvgIpc) is 3.36. The van der Waals surface area contributed by atoms with E-state index >= 15 is 0 Å². The molecule has 2 aromatic carbocycles. The molecule has 0 radical (unpaired) electrons. The second-order valence-corrected chi connectivity index (χ2v) is 9.26. The Hall–Kier alpha value is -2.93. The molecular formula is C26H33FN4O2. The van der Waals surface area contributed by atoms with Crippen molar-refractivity contribution in [1.82, 2.24) is 9.80 Å². The van der Waals surface area contributed by atoms with E-state index in [0.717, 1.165) is 69.9 Å². The van der Waals surface area contributed by atoms with Crippen molar-refractivity contribution in [2.75, 3.05) is 49.5 Å². The maximum Gasteiger partial charge on any atom is 0.256 e. The van der Waals surface area contributed by atoms with E-state index in [-0.39, 0.29) is 23.5 Å². The van der Waals surface area contributed by atoms with Gasteiger partial charge in [0.1, 0.15) is 5.82 Å². The molecule has 6 nitrogen and oxygen atoms in total. The Morgan fingerprint density at radius 2 is 1.61 bits per heavy atom. The minimum absolute atomic E-state index is 0.0388. The van der Waals surface area contributed by atoms with E-state index < -0.39 is 0 Å². The molecule has 0 aliphatic carbocycles. The quantitative estimate of drug-likeness (QED) is 0.721. The first kappa shape index (κ1) is 23.2. The fraction of sp³-hybridized carbons (Fsp3) is 0.462. The van der Waals surface area contributed by atoms with Crippen LogP contribution in [-0.2, 0) is 11.3 Å². The van der Waals surface area contributed by atoms with Gasteiger partial charge >= 0.3 is 0 Å². The zero-order valence-corrected chi connectivity index (χ0v) is 19.5. The lowest BCUT2D eigenvalue weighted by Crippen LogP contribution is -2.46. The summed E-state index contributed by atoms with van der Waals surface area (Å²) in [5, 5.41) is 2.93. The van der Waals surface area contributed by atoms with Crippen molar-refractivity contribution in [2.45, 2.75) is 33.2 Å². The first-order valence-corrected chi connectivity index (χ1v) is 11.9. The van der Waals surface area contributed by atoms with E-state index in [9.17, 15) is 14.0 Å². The molecule has 0 atom stereocenters. The largest absolute Gasteiger partial charge is 0.368 e. The molecule has 0 aromatic heterocycles. The van der Waals surface area contributed by atoms with Gasteiger partial charge in [-0.25, -0.2) is 4.39 Å². The molecule has 2 heterocycles.